The quantitative estimate of drug-likeness (QED) is 0.747. The number of aromatic nitrogens is 1. The fourth-order valence-corrected chi connectivity index (χ4v) is 3.52. The van der Waals surface area contributed by atoms with Crippen LogP contribution >= 0.6 is 0 Å². The van der Waals surface area contributed by atoms with Crippen molar-refractivity contribution in [3.8, 4) is 0 Å². The van der Waals surface area contributed by atoms with Gasteiger partial charge in [0, 0.05) is 12.7 Å². The molecule has 2 rings (SSSR count). The minimum atomic E-state index is -1.02. The Morgan fingerprint density at radius 1 is 1.48 bits per heavy atom. The topological polar surface area (TPSA) is 88.2 Å². The molecule has 0 spiro atoms. The first kappa shape index (κ1) is 15.6. The van der Waals surface area contributed by atoms with Gasteiger partial charge in [0.25, 0.3) is 0 Å². The van der Waals surface area contributed by atoms with E-state index in [0.717, 1.165) is 6.54 Å². The van der Waals surface area contributed by atoms with E-state index in [9.17, 15) is 4.79 Å². The molecule has 5 nitrogen and oxygen atoms in total. The minimum absolute atomic E-state index is 0.108. The highest BCUT2D eigenvalue weighted by atomic mass is 16.4. The zero-order valence-corrected chi connectivity index (χ0v) is 12.9. The second-order valence-electron chi connectivity index (χ2n) is 6.58. The standard InChI is InChI=1S/C16H25N3O2/c1-11(2)9-16(6-3-4-7-16)10-19-14-13(17)12(15(20)21)5-8-18-14/h5,8,11H,3-4,6-7,9-10,17H2,1-2H3,(H,18,19)(H,20,21). The van der Waals surface area contributed by atoms with Crippen molar-refractivity contribution in [1.82, 2.24) is 4.98 Å². The third-order valence-corrected chi connectivity index (χ3v) is 4.36. The number of rotatable bonds is 6. The first-order chi connectivity index (χ1) is 9.93. The van der Waals surface area contributed by atoms with Crippen LogP contribution < -0.4 is 11.1 Å². The molecule has 4 N–H and O–H groups in total. The van der Waals surface area contributed by atoms with Gasteiger partial charge in [-0.25, -0.2) is 9.78 Å². The van der Waals surface area contributed by atoms with E-state index in [1.165, 1.54) is 44.4 Å². The molecule has 1 aromatic rings. The average molecular weight is 291 g/mol. The van der Waals surface area contributed by atoms with Gasteiger partial charge in [-0.3, -0.25) is 0 Å². The largest absolute Gasteiger partial charge is 0.478 e. The molecule has 0 bridgehead atoms. The number of hydrogen-bond acceptors (Lipinski definition) is 4. The Morgan fingerprint density at radius 2 is 2.14 bits per heavy atom. The number of pyridine rings is 1. The number of carboxylic acids is 1. The lowest BCUT2D eigenvalue weighted by Crippen LogP contribution is -2.29. The fourth-order valence-electron chi connectivity index (χ4n) is 3.52. The lowest BCUT2D eigenvalue weighted by molar-refractivity contribution is 0.0698. The maximum absolute atomic E-state index is 11.1. The van der Waals surface area contributed by atoms with Gasteiger partial charge in [-0.05, 0) is 36.7 Å². The van der Waals surface area contributed by atoms with Crippen molar-refractivity contribution in [1.29, 1.82) is 0 Å². The van der Waals surface area contributed by atoms with Crippen molar-refractivity contribution in [2.45, 2.75) is 46.0 Å². The summed E-state index contributed by atoms with van der Waals surface area (Å²) in [6, 6.07) is 1.43. The summed E-state index contributed by atoms with van der Waals surface area (Å²) in [6.07, 6.45) is 7.65. The van der Waals surface area contributed by atoms with Crippen molar-refractivity contribution >= 4 is 17.5 Å². The minimum Gasteiger partial charge on any atom is -0.478 e. The van der Waals surface area contributed by atoms with Crippen molar-refractivity contribution in [3.63, 3.8) is 0 Å². The molecule has 0 aromatic carbocycles. The number of hydrogen-bond donors (Lipinski definition) is 3. The zero-order valence-electron chi connectivity index (χ0n) is 12.9. The Kier molecular flexibility index (Phi) is 4.70. The fraction of sp³-hybridized carbons (Fsp3) is 0.625. The predicted octanol–water partition coefficient (Wildman–Crippen LogP) is 3.38. The number of carboxylic acid groups (broad SMARTS) is 1. The molecule has 0 aliphatic heterocycles. The van der Waals surface area contributed by atoms with Crippen LogP contribution in [0.2, 0.25) is 0 Å². The first-order valence-corrected chi connectivity index (χ1v) is 7.65. The summed E-state index contributed by atoms with van der Waals surface area (Å²) in [5.74, 6) is 0.126. The van der Waals surface area contributed by atoms with Gasteiger partial charge < -0.3 is 16.2 Å². The number of carbonyl (C=O) groups is 1. The van der Waals surface area contributed by atoms with Crippen LogP contribution in [0.3, 0.4) is 0 Å². The lowest BCUT2D eigenvalue weighted by atomic mass is 9.78. The molecule has 0 amide bonds. The zero-order chi connectivity index (χ0) is 15.5. The summed E-state index contributed by atoms with van der Waals surface area (Å²) >= 11 is 0. The Hall–Kier alpha value is -1.78. The van der Waals surface area contributed by atoms with Crippen LogP contribution in [-0.4, -0.2) is 22.6 Å². The Bertz CT molecular complexity index is 508. The third-order valence-electron chi connectivity index (χ3n) is 4.36. The van der Waals surface area contributed by atoms with Crippen LogP contribution in [0.5, 0.6) is 0 Å². The number of nitrogens with two attached hydrogens (primary N) is 1. The molecule has 1 aromatic heterocycles. The summed E-state index contributed by atoms with van der Waals surface area (Å²) in [6.45, 7) is 5.31. The molecular formula is C16H25N3O2. The number of nitrogen functional groups attached to an aromatic ring is 1. The molecule has 0 atom stereocenters. The second kappa shape index (κ2) is 6.33. The van der Waals surface area contributed by atoms with Gasteiger partial charge in [-0.2, -0.15) is 0 Å². The van der Waals surface area contributed by atoms with Gasteiger partial charge in [0.05, 0.1) is 11.3 Å². The molecule has 21 heavy (non-hydrogen) atoms. The molecule has 0 radical (unpaired) electrons. The maximum Gasteiger partial charge on any atom is 0.337 e. The summed E-state index contributed by atoms with van der Waals surface area (Å²) in [4.78, 5) is 15.3. The van der Waals surface area contributed by atoms with E-state index < -0.39 is 5.97 Å². The Balaban J connectivity index is 2.11. The highest BCUT2D eigenvalue weighted by Crippen LogP contribution is 2.43. The van der Waals surface area contributed by atoms with Crippen LogP contribution in [0.15, 0.2) is 12.3 Å². The van der Waals surface area contributed by atoms with Gasteiger partial charge in [0.1, 0.15) is 5.82 Å². The van der Waals surface area contributed by atoms with Gasteiger partial charge in [-0.1, -0.05) is 26.7 Å². The van der Waals surface area contributed by atoms with E-state index in [4.69, 9.17) is 10.8 Å². The highest BCUT2D eigenvalue weighted by molar-refractivity contribution is 5.96. The molecule has 0 unspecified atom stereocenters. The Labute approximate surface area is 126 Å². The van der Waals surface area contributed by atoms with Crippen molar-refractivity contribution in [2.75, 3.05) is 17.6 Å². The average Bonchev–Trinajstić information content (AvgIpc) is 2.85. The monoisotopic (exact) mass is 291 g/mol. The molecule has 0 saturated heterocycles. The third kappa shape index (κ3) is 3.65. The number of aromatic carboxylic acids is 1. The van der Waals surface area contributed by atoms with Crippen molar-refractivity contribution < 1.29 is 9.90 Å². The van der Waals surface area contributed by atoms with E-state index in [1.807, 2.05) is 0 Å². The van der Waals surface area contributed by atoms with Crippen LogP contribution in [-0.2, 0) is 0 Å². The number of anilines is 2. The van der Waals surface area contributed by atoms with E-state index in [2.05, 4.69) is 24.1 Å². The summed E-state index contributed by atoms with van der Waals surface area (Å²) in [5, 5.41) is 12.4. The smallest absolute Gasteiger partial charge is 0.337 e. The molecule has 5 heteroatoms. The summed E-state index contributed by atoms with van der Waals surface area (Å²) < 4.78 is 0. The molecule has 1 aliphatic rings. The van der Waals surface area contributed by atoms with Crippen LogP contribution in [0.4, 0.5) is 11.5 Å². The molecule has 116 valence electrons. The SMILES string of the molecule is CC(C)CC1(CNc2nccc(C(=O)O)c2N)CCCC1. The first-order valence-electron chi connectivity index (χ1n) is 7.65. The highest BCUT2D eigenvalue weighted by Gasteiger charge is 2.34. The molecule has 1 saturated carbocycles. The van der Waals surface area contributed by atoms with Crippen LogP contribution in [0.1, 0.15) is 56.3 Å². The van der Waals surface area contributed by atoms with Crippen LogP contribution in [0, 0.1) is 11.3 Å². The molecule has 1 fully saturated rings. The van der Waals surface area contributed by atoms with E-state index >= 15 is 0 Å². The van der Waals surface area contributed by atoms with E-state index in [0.29, 0.717) is 17.2 Å². The van der Waals surface area contributed by atoms with E-state index in [1.54, 1.807) is 0 Å². The molecule has 1 heterocycles. The molecule has 1 aliphatic carbocycles. The van der Waals surface area contributed by atoms with Gasteiger partial charge in [0.15, 0.2) is 0 Å². The van der Waals surface area contributed by atoms with Crippen molar-refractivity contribution in [2.24, 2.45) is 11.3 Å². The Morgan fingerprint density at radius 3 is 2.71 bits per heavy atom. The molecular weight excluding hydrogens is 266 g/mol. The second-order valence-corrected chi connectivity index (χ2v) is 6.58. The normalized spacial score (nSPS) is 17.1. The summed E-state index contributed by atoms with van der Waals surface area (Å²) in [5.41, 5.74) is 6.53. The summed E-state index contributed by atoms with van der Waals surface area (Å²) in [7, 11) is 0. The number of nitrogens with one attached hydrogen (secondary N) is 1. The van der Waals surface area contributed by atoms with Gasteiger partial charge in [0.2, 0.25) is 0 Å². The van der Waals surface area contributed by atoms with Crippen LogP contribution in [0.25, 0.3) is 0 Å². The van der Waals surface area contributed by atoms with E-state index in [-0.39, 0.29) is 11.3 Å². The predicted molar refractivity (Wildman–Crippen MR) is 84.5 cm³/mol. The van der Waals surface area contributed by atoms with Gasteiger partial charge >= 0.3 is 5.97 Å². The maximum atomic E-state index is 11.1. The van der Waals surface area contributed by atoms with Gasteiger partial charge in [-0.15, -0.1) is 0 Å². The van der Waals surface area contributed by atoms with Crippen molar-refractivity contribution in [3.05, 3.63) is 17.8 Å². The number of nitrogens with zero attached hydrogens (tertiary/aromatic N) is 1. The lowest BCUT2D eigenvalue weighted by Gasteiger charge is -2.31.